The molecule has 100 valence electrons. The van der Waals surface area contributed by atoms with E-state index in [2.05, 4.69) is 0 Å². The van der Waals surface area contributed by atoms with Gasteiger partial charge in [0.05, 0.1) is 18.8 Å². The van der Waals surface area contributed by atoms with Gasteiger partial charge in [-0.1, -0.05) is 31.0 Å². The maximum absolute atomic E-state index is 10.8. The van der Waals surface area contributed by atoms with E-state index in [-0.39, 0.29) is 6.10 Å². The summed E-state index contributed by atoms with van der Waals surface area (Å²) in [6.07, 6.45) is 4.44. The molecule has 1 aliphatic carbocycles. The summed E-state index contributed by atoms with van der Waals surface area (Å²) in [5.74, 6) is 0.839. The van der Waals surface area contributed by atoms with Crippen molar-refractivity contribution in [3.8, 4) is 5.75 Å². The molecule has 0 heterocycles. The van der Waals surface area contributed by atoms with Crippen LogP contribution in [0.25, 0.3) is 0 Å². The minimum atomic E-state index is -0.762. The fourth-order valence-electron chi connectivity index (χ4n) is 2.91. The van der Waals surface area contributed by atoms with Crippen molar-refractivity contribution in [3.05, 3.63) is 29.8 Å². The average Bonchev–Trinajstić information content (AvgIpc) is 2.39. The zero-order chi connectivity index (χ0) is 13.0. The predicted octanol–water partition coefficient (Wildman–Crippen LogP) is 2.56. The number of aliphatic hydroxyl groups is 1. The zero-order valence-corrected chi connectivity index (χ0v) is 11.2. The van der Waals surface area contributed by atoms with E-state index in [1.807, 2.05) is 24.3 Å². The molecule has 0 saturated heterocycles. The lowest BCUT2D eigenvalue weighted by Gasteiger charge is -2.39. The molecule has 2 rings (SSSR count). The highest BCUT2D eigenvalue weighted by Crippen LogP contribution is 2.35. The van der Waals surface area contributed by atoms with Gasteiger partial charge in [0, 0.05) is 13.5 Å². The van der Waals surface area contributed by atoms with E-state index in [4.69, 9.17) is 9.47 Å². The minimum absolute atomic E-state index is 0.0730. The third kappa shape index (κ3) is 2.68. The second kappa shape index (κ2) is 5.72. The van der Waals surface area contributed by atoms with Crippen LogP contribution >= 0.6 is 0 Å². The minimum Gasteiger partial charge on any atom is -0.496 e. The standard InChI is InChI=1S/C15H22O3/c1-17-13-8-4-3-7-12(13)11-15(16)10-6-5-9-14(15)18-2/h3-4,7-8,14,16H,5-6,9-11H2,1-2H3. The Morgan fingerprint density at radius 3 is 2.78 bits per heavy atom. The monoisotopic (exact) mass is 250 g/mol. The Hall–Kier alpha value is -1.06. The van der Waals surface area contributed by atoms with E-state index < -0.39 is 5.60 Å². The molecular formula is C15H22O3. The molecule has 2 unspecified atom stereocenters. The lowest BCUT2D eigenvalue weighted by molar-refractivity contribution is -0.116. The Labute approximate surface area is 109 Å². The third-order valence-corrected chi connectivity index (χ3v) is 3.90. The molecule has 1 saturated carbocycles. The van der Waals surface area contributed by atoms with Crippen LogP contribution in [-0.2, 0) is 11.2 Å². The van der Waals surface area contributed by atoms with Crippen molar-refractivity contribution in [1.29, 1.82) is 0 Å². The summed E-state index contributed by atoms with van der Waals surface area (Å²) in [5, 5.41) is 10.8. The molecule has 1 aliphatic rings. The number of para-hydroxylation sites is 1. The van der Waals surface area contributed by atoms with E-state index in [9.17, 15) is 5.11 Å². The Morgan fingerprint density at radius 2 is 2.06 bits per heavy atom. The highest BCUT2D eigenvalue weighted by atomic mass is 16.5. The van der Waals surface area contributed by atoms with Gasteiger partial charge in [-0.15, -0.1) is 0 Å². The van der Waals surface area contributed by atoms with Crippen LogP contribution in [0.15, 0.2) is 24.3 Å². The number of ether oxygens (including phenoxy) is 2. The topological polar surface area (TPSA) is 38.7 Å². The molecule has 0 aliphatic heterocycles. The Morgan fingerprint density at radius 1 is 1.28 bits per heavy atom. The van der Waals surface area contributed by atoms with Gasteiger partial charge in [-0.05, 0) is 24.5 Å². The Bertz CT molecular complexity index is 391. The van der Waals surface area contributed by atoms with E-state index in [1.54, 1.807) is 14.2 Å². The highest BCUT2D eigenvalue weighted by molar-refractivity contribution is 5.34. The number of methoxy groups -OCH3 is 2. The van der Waals surface area contributed by atoms with Crippen LogP contribution in [0.5, 0.6) is 5.75 Å². The lowest BCUT2D eigenvalue weighted by Crippen LogP contribution is -2.47. The van der Waals surface area contributed by atoms with E-state index in [1.165, 1.54) is 0 Å². The Kier molecular flexibility index (Phi) is 4.25. The molecule has 0 spiro atoms. The van der Waals surface area contributed by atoms with Crippen molar-refractivity contribution < 1.29 is 14.6 Å². The molecular weight excluding hydrogens is 228 g/mol. The second-order valence-electron chi connectivity index (χ2n) is 5.06. The molecule has 3 heteroatoms. The molecule has 1 aromatic rings. The SMILES string of the molecule is COc1ccccc1CC1(O)CCCCC1OC. The summed E-state index contributed by atoms with van der Waals surface area (Å²) in [6.45, 7) is 0. The van der Waals surface area contributed by atoms with Crippen LogP contribution in [0.3, 0.4) is 0 Å². The molecule has 0 aromatic heterocycles. The Balaban J connectivity index is 2.20. The highest BCUT2D eigenvalue weighted by Gasteiger charge is 2.39. The fraction of sp³-hybridized carbons (Fsp3) is 0.600. The van der Waals surface area contributed by atoms with E-state index in [0.717, 1.165) is 37.0 Å². The van der Waals surface area contributed by atoms with Crippen molar-refractivity contribution in [2.24, 2.45) is 0 Å². The first-order valence-corrected chi connectivity index (χ1v) is 6.56. The van der Waals surface area contributed by atoms with Gasteiger partial charge in [-0.25, -0.2) is 0 Å². The van der Waals surface area contributed by atoms with Gasteiger partial charge in [-0.3, -0.25) is 0 Å². The molecule has 1 fully saturated rings. The van der Waals surface area contributed by atoms with Gasteiger partial charge in [0.25, 0.3) is 0 Å². The normalized spacial score (nSPS) is 28.1. The van der Waals surface area contributed by atoms with E-state index in [0.29, 0.717) is 6.42 Å². The molecule has 0 radical (unpaired) electrons. The van der Waals surface area contributed by atoms with Crippen molar-refractivity contribution in [3.63, 3.8) is 0 Å². The maximum atomic E-state index is 10.8. The van der Waals surface area contributed by atoms with Crippen molar-refractivity contribution in [1.82, 2.24) is 0 Å². The quantitative estimate of drug-likeness (QED) is 0.892. The molecule has 0 bridgehead atoms. The van der Waals surface area contributed by atoms with Crippen LogP contribution in [0.2, 0.25) is 0 Å². The largest absolute Gasteiger partial charge is 0.496 e. The third-order valence-electron chi connectivity index (χ3n) is 3.90. The molecule has 0 amide bonds. The van der Waals surface area contributed by atoms with Gasteiger partial charge in [0.15, 0.2) is 0 Å². The first-order chi connectivity index (χ1) is 8.69. The van der Waals surface area contributed by atoms with Crippen LogP contribution in [0.1, 0.15) is 31.2 Å². The molecule has 1 N–H and O–H groups in total. The summed E-state index contributed by atoms with van der Waals surface area (Å²) >= 11 is 0. The zero-order valence-electron chi connectivity index (χ0n) is 11.2. The van der Waals surface area contributed by atoms with Crippen molar-refractivity contribution in [2.45, 2.75) is 43.8 Å². The lowest BCUT2D eigenvalue weighted by atomic mass is 9.78. The number of hydrogen-bond acceptors (Lipinski definition) is 3. The van der Waals surface area contributed by atoms with Gasteiger partial charge in [0.2, 0.25) is 0 Å². The molecule has 1 aromatic carbocycles. The molecule has 18 heavy (non-hydrogen) atoms. The molecule has 2 atom stereocenters. The first kappa shape index (κ1) is 13.4. The smallest absolute Gasteiger partial charge is 0.122 e. The van der Waals surface area contributed by atoms with Crippen LogP contribution in [-0.4, -0.2) is 31.0 Å². The van der Waals surface area contributed by atoms with Gasteiger partial charge in [-0.2, -0.15) is 0 Å². The average molecular weight is 250 g/mol. The van der Waals surface area contributed by atoms with Crippen LogP contribution < -0.4 is 4.74 Å². The molecule has 3 nitrogen and oxygen atoms in total. The van der Waals surface area contributed by atoms with Gasteiger partial charge in [0.1, 0.15) is 5.75 Å². The number of rotatable bonds is 4. The van der Waals surface area contributed by atoms with Crippen LogP contribution in [0, 0.1) is 0 Å². The summed E-state index contributed by atoms with van der Waals surface area (Å²) in [5.41, 5.74) is 0.285. The van der Waals surface area contributed by atoms with Crippen LogP contribution in [0.4, 0.5) is 0 Å². The maximum Gasteiger partial charge on any atom is 0.122 e. The predicted molar refractivity (Wildman–Crippen MR) is 70.9 cm³/mol. The summed E-state index contributed by atoms with van der Waals surface area (Å²) in [6, 6.07) is 7.87. The second-order valence-corrected chi connectivity index (χ2v) is 5.06. The number of hydrogen-bond donors (Lipinski definition) is 1. The summed E-state index contributed by atoms with van der Waals surface area (Å²) in [7, 11) is 3.35. The van der Waals surface area contributed by atoms with Gasteiger partial charge < -0.3 is 14.6 Å². The van der Waals surface area contributed by atoms with Gasteiger partial charge >= 0.3 is 0 Å². The first-order valence-electron chi connectivity index (χ1n) is 6.56. The summed E-state index contributed by atoms with van der Waals surface area (Å²) < 4.78 is 10.8. The number of benzene rings is 1. The fourth-order valence-corrected chi connectivity index (χ4v) is 2.91. The van der Waals surface area contributed by atoms with E-state index >= 15 is 0 Å². The summed E-state index contributed by atoms with van der Waals surface area (Å²) in [4.78, 5) is 0. The van der Waals surface area contributed by atoms with Crippen molar-refractivity contribution >= 4 is 0 Å². The van der Waals surface area contributed by atoms with Crippen molar-refractivity contribution in [2.75, 3.05) is 14.2 Å².